The summed E-state index contributed by atoms with van der Waals surface area (Å²) in [4.78, 5) is 18.6. The van der Waals surface area contributed by atoms with Crippen molar-refractivity contribution in [3.8, 4) is 0 Å². The first-order valence-corrected chi connectivity index (χ1v) is 8.13. The minimum absolute atomic E-state index is 0.280. The van der Waals surface area contributed by atoms with E-state index in [4.69, 9.17) is 0 Å². The van der Waals surface area contributed by atoms with E-state index in [-0.39, 0.29) is 5.78 Å². The predicted molar refractivity (Wildman–Crippen MR) is 89.2 cm³/mol. The van der Waals surface area contributed by atoms with Crippen LogP contribution >= 0.6 is 0 Å². The van der Waals surface area contributed by atoms with Crippen LogP contribution in [-0.2, 0) is 6.42 Å². The maximum atomic E-state index is 12.8. The second kappa shape index (κ2) is 5.10. The summed E-state index contributed by atoms with van der Waals surface area (Å²) in [6, 6.07) is 8.30. The van der Waals surface area contributed by atoms with Gasteiger partial charge in [-0.3, -0.25) is 4.79 Å². The number of rotatable bonds is 0. The number of aromatic amines is 1. The van der Waals surface area contributed by atoms with Gasteiger partial charge in [0.1, 0.15) is 0 Å². The van der Waals surface area contributed by atoms with Crippen molar-refractivity contribution in [1.29, 1.82) is 0 Å². The highest BCUT2D eigenvalue weighted by Crippen LogP contribution is 2.39. The first-order chi connectivity index (χ1) is 10.7. The van der Waals surface area contributed by atoms with Crippen molar-refractivity contribution < 1.29 is 4.79 Å². The van der Waals surface area contributed by atoms with Gasteiger partial charge in [-0.15, -0.1) is 0 Å². The second-order valence-electron chi connectivity index (χ2n) is 6.78. The zero-order valence-corrected chi connectivity index (χ0v) is 13.2. The fraction of sp³-hybridized carbons (Fsp3) is 0.421. The average Bonchev–Trinajstić information content (AvgIpc) is 2.82. The summed E-state index contributed by atoms with van der Waals surface area (Å²) in [6.07, 6.45) is 3.87. The summed E-state index contributed by atoms with van der Waals surface area (Å²) < 4.78 is 0. The molecule has 0 unspecified atom stereocenters. The molecule has 1 aliphatic carbocycles. The molecule has 0 radical (unpaired) electrons. The lowest BCUT2D eigenvalue weighted by Crippen LogP contribution is -2.40. The van der Waals surface area contributed by atoms with Crippen molar-refractivity contribution in [3.05, 3.63) is 47.2 Å². The Kier molecular flexibility index (Phi) is 3.19. The number of hydrogen-bond acceptors (Lipinski definition) is 2. The minimum atomic E-state index is 0.280. The Balaban J connectivity index is 1.83. The van der Waals surface area contributed by atoms with Gasteiger partial charge in [-0.1, -0.05) is 29.8 Å². The smallest absolute Gasteiger partial charge is 0.179 e. The molecule has 1 aliphatic heterocycles. The van der Waals surface area contributed by atoms with E-state index < -0.39 is 0 Å². The van der Waals surface area contributed by atoms with Crippen LogP contribution in [-0.4, -0.2) is 35.8 Å². The fourth-order valence-corrected chi connectivity index (χ4v) is 4.35. The van der Waals surface area contributed by atoms with E-state index in [0.717, 1.165) is 30.7 Å². The molecular weight excluding hydrogens is 272 g/mol. The number of carbonyl (C=O) groups is 1. The summed E-state index contributed by atoms with van der Waals surface area (Å²) in [5, 5.41) is 1.22. The number of carbonyl (C=O) groups excluding carboxylic acids is 1. The molecule has 3 heteroatoms. The summed E-state index contributed by atoms with van der Waals surface area (Å²) in [5.41, 5.74) is 4.61. The van der Waals surface area contributed by atoms with Gasteiger partial charge in [-0.2, -0.15) is 0 Å². The maximum absolute atomic E-state index is 12.8. The number of para-hydroxylation sites is 1. The van der Waals surface area contributed by atoms with Gasteiger partial charge < -0.3 is 9.88 Å². The van der Waals surface area contributed by atoms with E-state index in [0.29, 0.717) is 18.3 Å². The van der Waals surface area contributed by atoms with Gasteiger partial charge >= 0.3 is 0 Å². The molecule has 1 aromatic heterocycles. The Labute approximate surface area is 131 Å². The normalized spacial score (nSPS) is 27.7. The molecule has 0 bridgehead atoms. The molecule has 2 aromatic rings. The molecule has 1 fully saturated rings. The van der Waals surface area contributed by atoms with E-state index in [2.05, 4.69) is 48.1 Å². The lowest BCUT2D eigenvalue weighted by atomic mass is 9.78. The third-order valence-corrected chi connectivity index (χ3v) is 5.38. The number of nitrogens with one attached hydrogen (secondary N) is 1. The highest BCUT2D eigenvalue weighted by molar-refractivity contribution is 6.03. The number of H-pyrrole nitrogens is 1. The number of likely N-dealkylation sites (N-methyl/N-ethyl adjacent to an activating group) is 1. The molecule has 0 saturated carbocycles. The molecule has 1 N–H and O–H groups in total. The second-order valence-corrected chi connectivity index (χ2v) is 6.78. The molecule has 0 spiro atoms. The van der Waals surface area contributed by atoms with E-state index in [1.54, 1.807) is 0 Å². The van der Waals surface area contributed by atoms with Crippen molar-refractivity contribution in [2.24, 2.45) is 11.8 Å². The number of allylic oxidation sites excluding steroid dienone is 1. The monoisotopic (exact) mass is 294 g/mol. The Morgan fingerprint density at radius 2 is 2.09 bits per heavy atom. The first-order valence-electron chi connectivity index (χ1n) is 8.13. The van der Waals surface area contributed by atoms with E-state index in [1.165, 1.54) is 16.5 Å². The summed E-state index contributed by atoms with van der Waals surface area (Å²) in [7, 11) is 2.18. The van der Waals surface area contributed by atoms with Crippen LogP contribution in [0, 0.1) is 11.8 Å². The van der Waals surface area contributed by atoms with Crippen LogP contribution in [0.4, 0.5) is 0 Å². The van der Waals surface area contributed by atoms with Gasteiger partial charge in [0.05, 0.1) is 5.69 Å². The first kappa shape index (κ1) is 13.8. The number of Topliss-reactive ketones (excluding diaryl/α,β-unsaturated/α-hetero) is 1. The van der Waals surface area contributed by atoms with Gasteiger partial charge in [0.25, 0.3) is 0 Å². The Hall–Kier alpha value is -1.87. The summed E-state index contributed by atoms with van der Waals surface area (Å²) in [6.45, 7) is 4.18. The minimum Gasteiger partial charge on any atom is -0.352 e. The number of ketones is 1. The molecule has 3 nitrogen and oxygen atoms in total. The van der Waals surface area contributed by atoms with E-state index >= 15 is 0 Å². The molecule has 22 heavy (non-hydrogen) atoms. The van der Waals surface area contributed by atoms with Crippen molar-refractivity contribution in [3.63, 3.8) is 0 Å². The Morgan fingerprint density at radius 3 is 2.91 bits per heavy atom. The van der Waals surface area contributed by atoms with Gasteiger partial charge in [0, 0.05) is 30.4 Å². The molecule has 1 saturated heterocycles. The quantitative estimate of drug-likeness (QED) is 0.756. The van der Waals surface area contributed by atoms with E-state index in [1.807, 2.05) is 6.07 Å². The molecule has 2 aliphatic rings. The largest absolute Gasteiger partial charge is 0.352 e. The van der Waals surface area contributed by atoms with Crippen molar-refractivity contribution in [2.45, 2.75) is 19.8 Å². The number of piperidine rings is 1. The van der Waals surface area contributed by atoms with Crippen molar-refractivity contribution in [1.82, 2.24) is 9.88 Å². The average molecular weight is 294 g/mol. The molecule has 2 heterocycles. The van der Waals surface area contributed by atoms with Crippen LogP contribution in [0.3, 0.4) is 0 Å². The van der Waals surface area contributed by atoms with Crippen LogP contribution in [0.5, 0.6) is 0 Å². The molecule has 1 aromatic carbocycles. The van der Waals surface area contributed by atoms with Crippen LogP contribution in [0.2, 0.25) is 0 Å². The topological polar surface area (TPSA) is 36.1 Å². The van der Waals surface area contributed by atoms with Crippen molar-refractivity contribution >= 4 is 16.7 Å². The number of likely N-dealkylation sites (tertiary alicyclic amines) is 1. The third kappa shape index (κ3) is 2.03. The molecular formula is C19H22N2O. The third-order valence-electron chi connectivity index (χ3n) is 5.38. The highest BCUT2D eigenvalue weighted by Gasteiger charge is 2.37. The van der Waals surface area contributed by atoms with Gasteiger partial charge in [-0.25, -0.2) is 0 Å². The van der Waals surface area contributed by atoms with Gasteiger partial charge in [0.15, 0.2) is 5.78 Å². The van der Waals surface area contributed by atoms with Crippen LogP contribution < -0.4 is 0 Å². The zero-order chi connectivity index (χ0) is 15.3. The molecule has 2 atom stereocenters. The van der Waals surface area contributed by atoms with Crippen LogP contribution in [0.15, 0.2) is 35.9 Å². The molecule has 4 rings (SSSR count). The van der Waals surface area contributed by atoms with Gasteiger partial charge in [0.2, 0.25) is 0 Å². The SMILES string of the molecule is CC=C1CN(C)C[C@H]2Cc3c([nH]c4ccccc34)C(=O)C[C@@H]12. The van der Waals surface area contributed by atoms with Gasteiger partial charge in [-0.05, 0) is 43.9 Å². The lowest BCUT2D eigenvalue weighted by Gasteiger charge is -2.38. The summed E-state index contributed by atoms with van der Waals surface area (Å²) in [5.74, 6) is 1.23. The predicted octanol–water partition coefficient (Wildman–Crippen LogP) is 3.42. The van der Waals surface area contributed by atoms with Crippen LogP contribution in [0.1, 0.15) is 29.4 Å². The molecule has 0 amide bonds. The number of benzene rings is 1. The Morgan fingerprint density at radius 1 is 1.27 bits per heavy atom. The lowest BCUT2D eigenvalue weighted by molar-refractivity contribution is 0.0936. The van der Waals surface area contributed by atoms with E-state index in [9.17, 15) is 4.79 Å². The van der Waals surface area contributed by atoms with Crippen LogP contribution in [0.25, 0.3) is 10.9 Å². The number of hydrogen-bond donors (Lipinski definition) is 1. The fourth-order valence-electron chi connectivity index (χ4n) is 4.35. The molecule has 114 valence electrons. The number of aromatic nitrogens is 1. The number of fused-ring (bicyclic) bond motifs is 4. The number of nitrogens with zero attached hydrogens (tertiary/aromatic N) is 1. The Bertz CT molecular complexity index is 771. The maximum Gasteiger partial charge on any atom is 0.179 e. The summed E-state index contributed by atoms with van der Waals surface area (Å²) >= 11 is 0. The standard InChI is InChI=1S/C19H22N2O/c1-3-12-10-21(2)11-13-8-16-14-6-4-5-7-17(14)20-19(16)18(22)9-15(12)13/h3-7,13,15,20H,8-11H2,1-2H3/t13-,15+/m1/s1. The highest BCUT2D eigenvalue weighted by atomic mass is 16.1. The zero-order valence-electron chi connectivity index (χ0n) is 13.2. The van der Waals surface area contributed by atoms with Crippen molar-refractivity contribution in [2.75, 3.05) is 20.1 Å².